The zero-order valence-electron chi connectivity index (χ0n) is 7.18. The van der Waals surface area contributed by atoms with E-state index in [4.69, 9.17) is 16.7 Å². The van der Waals surface area contributed by atoms with Crippen LogP contribution < -0.4 is 0 Å². The second-order valence-electron chi connectivity index (χ2n) is 2.60. The van der Waals surface area contributed by atoms with E-state index in [9.17, 15) is 18.0 Å². The number of nitrogens with zero attached hydrogens (tertiary/aromatic N) is 1. The van der Waals surface area contributed by atoms with Gasteiger partial charge in [-0.25, -0.2) is 18.6 Å². The van der Waals surface area contributed by atoms with E-state index in [0.29, 0.717) is 6.20 Å². The molecule has 0 aromatic carbocycles. The normalized spacial score (nSPS) is 10.7. The van der Waals surface area contributed by atoms with Crippen molar-refractivity contribution in [2.45, 2.75) is 12.3 Å². The molecule has 0 amide bonds. The molecular weight excluding hydrogens is 235 g/mol. The fourth-order valence-corrected chi connectivity index (χ4v) is 1.33. The quantitative estimate of drug-likeness (QED) is 0.652. The Morgan fingerprint density at radius 3 is 2.60 bits per heavy atom. The van der Waals surface area contributed by atoms with Gasteiger partial charge in [0, 0.05) is 11.8 Å². The van der Waals surface area contributed by atoms with Crippen molar-refractivity contribution in [1.82, 2.24) is 4.98 Å². The zero-order valence-corrected chi connectivity index (χ0v) is 7.93. The summed E-state index contributed by atoms with van der Waals surface area (Å²) in [7, 11) is 0. The summed E-state index contributed by atoms with van der Waals surface area (Å²) in [5.74, 6) is -3.32. The number of hydrogen-bond donors (Lipinski definition) is 1. The molecule has 0 spiro atoms. The highest BCUT2D eigenvalue weighted by molar-refractivity contribution is 6.17. The van der Waals surface area contributed by atoms with Crippen molar-refractivity contribution < 1.29 is 23.1 Å². The van der Waals surface area contributed by atoms with E-state index in [2.05, 4.69) is 4.98 Å². The first kappa shape index (κ1) is 11.8. The maximum atomic E-state index is 13.0. The van der Waals surface area contributed by atoms with Crippen LogP contribution >= 0.6 is 11.6 Å². The van der Waals surface area contributed by atoms with Gasteiger partial charge in [-0.3, -0.25) is 0 Å². The lowest BCUT2D eigenvalue weighted by molar-refractivity contribution is 0.0682. The van der Waals surface area contributed by atoms with Crippen molar-refractivity contribution in [3.8, 4) is 0 Å². The van der Waals surface area contributed by atoms with Crippen LogP contribution in [0.5, 0.6) is 0 Å². The molecule has 0 saturated carbocycles. The van der Waals surface area contributed by atoms with E-state index < -0.39 is 40.9 Å². The number of pyridine rings is 1. The number of hydrogen-bond acceptors (Lipinski definition) is 2. The van der Waals surface area contributed by atoms with E-state index in [0.717, 1.165) is 0 Å². The number of halogens is 4. The van der Waals surface area contributed by atoms with Gasteiger partial charge in [-0.1, -0.05) is 0 Å². The Morgan fingerprint density at radius 2 is 2.20 bits per heavy atom. The Hall–Kier alpha value is -1.30. The summed E-state index contributed by atoms with van der Waals surface area (Å²) < 4.78 is 37.7. The maximum absolute atomic E-state index is 13.0. The summed E-state index contributed by atoms with van der Waals surface area (Å²) in [6.45, 7) is 0. The first-order chi connectivity index (χ1) is 6.99. The standard InChI is InChI=1S/C8H5ClF3NO2/c9-1-3-5(8(14)15)4(6(10)11)2-13-7(3)12/h2,6H,1H2,(H,14,15). The summed E-state index contributed by atoms with van der Waals surface area (Å²) >= 11 is 5.27. The van der Waals surface area contributed by atoms with E-state index >= 15 is 0 Å². The number of rotatable bonds is 3. The van der Waals surface area contributed by atoms with Crippen LogP contribution in [0.25, 0.3) is 0 Å². The third-order valence-corrected chi connectivity index (χ3v) is 2.01. The average Bonchev–Trinajstić information content (AvgIpc) is 2.16. The van der Waals surface area contributed by atoms with Gasteiger partial charge in [-0.15, -0.1) is 11.6 Å². The number of carboxylic acid groups (broad SMARTS) is 1. The van der Waals surface area contributed by atoms with Gasteiger partial charge in [0.25, 0.3) is 6.43 Å². The summed E-state index contributed by atoms with van der Waals surface area (Å²) in [4.78, 5) is 13.7. The van der Waals surface area contributed by atoms with Crippen molar-refractivity contribution in [3.05, 3.63) is 28.8 Å². The van der Waals surface area contributed by atoms with E-state index in [1.54, 1.807) is 0 Å². The molecule has 0 bridgehead atoms. The van der Waals surface area contributed by atoms with Crippen LogP contribution in [0.4, 0.5) is 13.2 Å². The molecule has 1 heterocycles. The number of carbonyl (C=O) groups is 1. The molecule has 0 radical (unpaired) electrons. The predicted octanol–water partition coefficient (Wildman–Crippen LogP) is 2.60. The van der Waals surface area contributed by atoms with E-state index in [1.165, 1.54) is 0 Å². The van der Waals surface area contributed by atoms with Gasteiger partial charge in [0.1, 0.15) is 0 Å². The monoisotopic (exact) mass is 239 g/mol. The molecule has 1 aromatic rings. The molecule has 1 rings (SSSR count). The third-order valence-electron chi connectivity index (χ3n) is 1.74. The van der Waals surface area contributed by atoms with Crippen LogP contribution in [0, 0.1) is 5.95 Å². The molecule has 0 aliphatic heterocycles. The number of aromatic nitrogens is 1. The Kier molecular flexibility index (Phi) is 3.52. The lowest BCUT2D eigenvalue weighted by atomic mass is 10.1. The average molecular weight is 240 g/mol. The highest BCUT2D eigenvalue weighted by Crippen LogP contribution is 2.26. The molecule has 0 aliphatic carbocycles. The van der Waals surface area contributed by atoms with Crippen LogP contribution in [0.2, 0.25) is 0 Å². The molecule has 0 fully saturated rings. The summed E-state index contributed by atoms with van der Waals surface area (Å²) in [5, 5.41) is 8.66. The minimum atomic E-state index is -3.04. The van der Waals surface area contributed by atoms with Crippen molar-refractivity contribution in [3.63, 3.8) is 0 Å². The minimum Gasteiger partial charge on any atom is -0.478 e. The lowest BCUT2D eigenvalue weighted by Crippen LogP contribution is -2.10. The number of carboxylic acids is 1. The van der Waals surface area contributed by atoms with Crippen LogP contribution in [-0.2, 0) is 5.88 Å². The summed E-state index contributed by atoms with van der Waals surface area (Å²) in [6.07, 6.45) is -2.54. The second-order valence-corrected chi connectivity index (χ2v) is 2.86. The zero-order chi connectivity index (χ0) is 11.6. The van der Waals surface area contributed by atoms with Crippen molar-refractivity contribution in [1.29, 1.82) is 0 Å². The van der Waals surface area contributed by atoms with Gasteiger partial charge >= 0.3 is 5.97 Å². The smallest absolute Gasteiger partial charge is 0.336 e. The molecule has 0 unspecified atom stereocenters. The Morgan fingerprint density at radius 1 is 1.60 bits per heavy atom. The predicted molar refractivity (Wildman–Crippen MR) is 45.7 cm³/mol. The molecule has 7 heteroatoms. The van der Waals surface area contributed by atoms with Crippen LogP contribution in [-0.4, -0.2) is 16.1 Å². The van der Waals surface area contributed by atoms with Crippen LogP contribution in [0.3, 0.4) is 0 Å². The Bertz CT molecular complexity index is 398. The topological polar surface area (TPSA) is 50.2 Å². The molecule has 1 N–H and O–H groups in total. The SMILES string of the molecule is O=C(O)c1c(C(F)F)cnc(F)c1CCl. The van der Waals surface area contributed by atoms with Gasteiger partial charge in [-0.05, 0) is 0 Å². The fourth-order valence-electron chi connectivity index (χ4n) is 1.09. The third kappa shape index (κ3) is 2.20. The first-order valence-corrected chi connectivity index (χ1v) is 4.27. The van der Waals surface area contributed by atoms with Crippen molar-refractivity contribution in [2.24, 2.45) is 0 Å². The Labute approximate surface area is 87.5 Å². The van der Waals surface area contributed by atoms with Gasteiger partial charge in [0.15, 0.2) is 0 Å². The van der Waals surface area contributed by atoms with Gasteiger partial charge in [0.2, 0.25) is 5.95 Å². The highest BCUT2D eigenvalue weighted by Gasteiger charge is 2.24. The fraction of sp³-hybridized carbons (Fsp3) is 0.250. The number of aromatic carboxylic acids is 1. The summed E-state index contributed by atoms with van der Waals surface area (Å²) in [6, 6.07) is 0. The molecule has 0 saturated heterocycles. The van der Waals surface area contributed by atoms with E-state index in [-0.39, 0.29) is 0 Å². The maximum Gasteiger partial charge on any atom is 0.336 e. The van der Waals surface area contributed by atoms with Gasteiger partial charge in [-0.2, -0.15) is 4.39 Å². The Balaban J connectivity index is 3.49. The van der Waals surface area contributed by atoms with Crippen LogP contribution in [0.1, 0.15) is 27.9 Å². The largest absolute Gasteiger partial charge is 0.478 e. The molecule has 0 aliphatic rings. The van der Waals surface area contributed by atoms with Crippen LogP contribution in [0.15, 0.2) is 6.20 Å². The summed E-state index contributed by atoms with van der Waals surface area (Å²) in [5.41, 5.74) is -2.17. The molecule has 3 nitrogen and oxygen atoms in total. The highest BCUT2D eigenvalue weighted by atomic mass is 35.5. The molecule has 1 aromatic heterocycles. The van der Waals surface area contributed by atoms with Crippen molar-refractivity contribution in [2.75, 3.05) is 0 Å². The molecule has 15 heavy (non-hydrogen) atoms. The van der Waals surface area contributed by atoms with Gasteiger partial charge < -0.3 is 5.11 Å². The lowest BCUT2D eigenvalue weighted by Gasteiger charge is -2.08. The second kappa shape index (κ2) is 4.48. The first-order valence-electron chi connectivity index (χ1n) is 3.73. The molecule has 0 atom stereocenters. The molecule has 82 valence electrons. The number of alkyl halides is 3. The van der Waals surface area contributed by atoms with E-state index in [1.807, 2.05) is 0 Å². The minimum absolute atomic E-state index is 0.500. The molecular formula is C8H5ClF3NO2. The van der Waals surface area contributed by atoms with Gasteiger partial charge in [0.05, 0.1) is 17.0 Å². The van der Waals surface area contributed by atoms with Crippen molar-refractivity contribution >= 4 is 17.6 Å².